The maximum absolute atomic E-state index is 11.3. The van der Waals surface area contributed by atoms with Crippen LogP contribution in [0.1, 0.15) is 6.42 Å². The molecule has 1 N–H and O–H groups in total. The Bertz CT molecular complexity index is 420. The lowest BCUT2D eigenvalue weighted by Gasteiger charge is -2.56. The second-order valence-corrected chi connectivity index (χ2v) is 5.90. The number of carbonyl (C=O) groups is 1. The number of carboxylic acids is 1. The lowest BCUT2D eigenvalue weighted by atomic mass is 10.0. The van der Waals surface area contributed by atoms with Crippen LogP contribution in [0.25, 0.3) is 0 Å². The molecule has 0 unspecified atom stereocenters. The molecule has 4 rings (SSSR count). The van der Waals surface area contributed by atoms with Crippen LogP contribution in [0.4, 0.5) is 0 Å². The fourth-order valence-electron chi connectivity index (χ4n) is 3.86. The van der Waals surface area contributed by atoms with Crippen LogP contribution in [0.5, 0.6) is 0 Å². The van der Waals surface area contributed by atoms with Crippen molar-refractivity contribution in [3.63, 3.8) is 0 Å². The van der Waals surface area contributed by atoms with E-state index in [4.69, 9.17) is 0 Å². The minimum Gasteiger partial charge on any atom is -0.481 e. The zero-order chi connectivity index (χ0) is 13.0. The van der Waals surface area contributed by atoms with Gasteiger partial charge in [-0.25, -0.2) is 0 Å². The van der Waals surface area contributed by atoms with Crippen LogP contribution in [0.15, 0.2) is 11.6 Å². The highest BCUT2D eigenvalue weighted by Crippen LogP contribution is 2.35. The second-order valence-electron chi connectivity index (χ2n) is 5.90. The molecule has 4 aliphatic heterocycles. The predicted octanol–water partition coefficient (Wildman–Crippen LogP) is -0.534. The smallest absolute Gasteiger partial charge is 0.310 e. The number of hydrogen-bond acceptors (Lipinski definition) is 5. The molecule has 0 aliphatic carbocycles. The Morgan fingerprint density at radius 2 is 1.32 bits per heavy atom. The summed E-state index contributed by atoms with van der Waals surface area (Å²) in [4.78, 5) is 20.9. The second kappa shape index (κ2) is 3.95. The van der Waals surface area contributed by atoms with Gasteiger partial charge in [0.1, 0.15) is 11.6 Å². The number of nitrogens with zero attached hydrogens (tertiary/aromatic N) is 4. The minimum absolute atomic E-state index is 0.244. The summed E-state index contributed by atoms with van der Waals surface area (Å²) in [6.07, 6.45) is 1.24. The average Bonchev–Trinajstić information content (AvgIpc) is 2.44. The molecule has 19 heavy (non-hydrogen) atoms. The SMILES string of the molecule is O=C(O)C1CN2CCN3CCCN4CCN(C1)C2=C34. The topological polar surface area (TPSA) is 50.3 Å². The molecular formula is C13H20N4O2. The molecule has 0 radical (unpaired) electrons. The van der Waals surface area contributed by atoms with Crippen LogP contribution >= 0.6 is 0 Å². The van der Waals surface area contributed by atoms with Crippen molar-refractivity contribution in [2.24, 2.45) is 5.92 Å². The van der Waals surface area contributed by atoms with Crippen molar-refractivity contribution in [1.82, 2.24) is 19.6 Å². The van der Waals surface area contributed by atoms with Gasteiger partial charge >= 0.3 is 5.97 Å². The van der Waals surface area contributed by atoms with Crippen molar-refractivity contribution >= 4 is 5.97 Å². The fourth-order valence-corrected chi connectivity index (χ4v) is 3.86. The average molecular weight is 264 g/mol. The third kappa shape index (κ3) is 1.58. The maximum Gasteiger partial charge on any atom is 0.310 e. The van der Waals surface area contributed by atoms with Crippen LogP contribution in [0, 0.1) is 5.92 Å². The predicted molar refractivity (Wildman–Crippen MR) is 69.1 cm³/mol. The summed E-state index contributed by atoms with van der Waals surface area (Å²) in [5, 5.41) is 9.30. The standard InChI is InChI=1S/C13H20N4O2/c18-13(19)10-8-16-6-4-14-2-1-3-15-5-7-17(9-10)12(16)11(14)15/h10H,1-9H2,(H,18,19). The summed E-state index contributed by atoms with van der Waals surface area (Å²) in [7, 11) is 0. The highest BCUT2D eigenvalue weighted by atomic mass is 16.4. The lowest BCUT2D eigenvalue weighted by molar-refractivity contribution is -0.145. The highest BCUT2D eigenvalue weighted by Gasteiger charge is 2.42. The van der Waals surface area contributed by atoms with Gasteiger partial charge in [0.15, 0.2) is 0 Å². The van der Waals surface area contributed by atoms with Crippen LogP contribution < -0.4 is 0 Å². The van der Waals surface area contributed by atoms with Crippen molar-refractivity contribution < 1.29 is 9.90 Å². The summed E-state index contributed by atoms with van der Waals surface area (Å²) in [6, 6.07) is 0. The molecule has 104 valence electrons. The van der Waals surface area contributed by atoms with E-state index in [0.717, 1.165) is 39.3 Å². The fraction of sp³-hybridized carbons (Fsp3) is 0.769. The van der Waals surface area contributed by atoms with Gasteiger partial charge in [-0.2, -0.15) is 0 Å². The zero-order valence-corrected chi connectivity index (χ0v) is 11.1. The van der Waals surface area contributed by atoms with E-state index in [1.807, 2.05) is 0 Å². The Balaban J connectivity index is 1.73. The van der Waals surface area contributed by atoms with Crippen molar-refractivity contribution in [1.29, 1.82) is 0 Å². The Kier molecular flexibility index (Phi) is 2.34. The lowest BCUT2D eigenvalue weighted by Crippen LogP contribution is -2.63. The Morgan fingerprint density at radius 1 is 0.842 bits per heavy atom. The summed E-state index contributed by atoms with van der Waals surface area (Å²) in [5.74, 6) is 1.77. The molecule has 0 bridgehead atoms. The number of rotatable bonds is 1. The van der Waals surface area contributed by atoms with Gasteiger partial charge < -0.3 is 24.7 Å². The Hall–Kier alpha value is -1.59. The Labute approximate surface area is 112 Å². The van der Waals surface area contributed by atoms with Crippen molar-refractivity contribution in [3.05, 3.63) is 11.6 Å². The van der Waals surface area contributed by atoms with Crippen LogP contribution in [0.3, 0.4) is 0 Å². The molecule has 0 aromatic heterocycles. The molecule has 4 heterocycles. The van der Waals surface area contributed by atoms with E-state index >= 15 is 0 Å². The van der Waals surface area contributed by atoms with Crippen LogP contribution in [0.2, 0.25) is 0 Å². The van der Waals surface area contributed by atoms with Gasteiger partial charge in [0, 0.05) is 52.4 Å². The van der Waals surface area contributed by atoms with Gasteiger partial charge in [-0.15, -0.1) is 0 Å². The van der Waals surface area contributed by atoms with Gasteiger partial charge in [0.05, 0.1) is 5.92 Å². The third-order valence-corrected chi connectivity index (χ3v) is 4.76. The van der Waals surface area contributed by atoms with Gasteiger partial charge in [-0.05, 0) is 6.42 Å². The quantitative estimate of drug-likeness (QED) is 0.687. The van der Waals surface area contributed by atoms with E-state index in [1.54, 1.807) is 0 Å². The van der Waals surface area contributed by atoms with E-state index in [-0.39, 0.29) is 5.92 Å². The van der Waals surface area contributed by atoms with E-state index in [1.165, 1.54) is 18.1 Å². The molecule has 0 saturated carbocycles. The van der Waals surface area contributed by atoms with Crippen molar-refractivity contribution in [2.45, 2.75) is 6.42 Å². The number of hydrogen-bond donors (Lipinski definition) is 1. The molecule has 0 aromatic carbocycles. The molecule has 2 fully saturated rings. The first-order chi connectivity index (χ1) is 9.24. The summed E-state index contributed by atoms with van der Waals surface area (Å²) >= 11 is 0. The van der Waals surface area contributed by atoms with Gasteiger partial charge in [0.2, 0.25) is 0 Å². The first-order valence-corrected chi connectivity index (χ1v) is 7.21. The monoisotopic (exact) mass is 264 g/mol. The number of aliphatic carboxylic acids is 1. The van der Waals surface area contributed by atoms with E-state index in [9.17, 15) is 9.90 Å². The maximum atomic E-state index is 11.3. The normalized spacial score (nSPS) is 26.7. The molecule has 6 nitrogen and oxygen atoms in total. The zero-order valence-electron chi connectivity index (χ0n) is 11.1. The van der Waals surface area contributed by atoms with Crippen molar-refractivity contribution in [3.8, 4) is 0 Å². The summed E-state index contributed by atoms with van der Waals surface area (Å²) in [6.45, 7) is 7.66. The van der Waals surface area contributed by atoms with E-state index < -0.39 is 5.97 Å². The molecule has 0 spiro atoms. The molecule has 0 amide bonds. The van der Waals surface area contributed by atoms with Crippen molar-refractivity contribution in [2.75, 3.05) is 52.4 Å². The molecular weight excluding hydrogens is 244 g/mol. The number of carboxylic acid groups (broad SMARTS) is 1. The van der Waals surface area contributed by atoms with E-state index in [0.29, 0.717) is 13.1 Å². The molecule has 6 heteroatoms. The van der Waals surface area contributed by atoms with Gasteiger partial charge in [-0.1, -0.05) is 0 Å². The molecule has 4 aliphatic rings. The largest absolute Gasteiger partial charge is 0.481 e. The molecule has 2 saturated heterocycles. The minimum atomic E-state index is -0.655. The summed E-state index contributed by atoms with van der Waals surface area (Å²) < 4.78 is 0. The highest BCUT2D eigenvalue weighted by molar-refractivity contribution is 5.71. The van der Waals surface area contributed by atoms with Gasteiger partial charge in [0.25, 0.3) is 0 Å². The summed E-state index contributed by atoms with van der Waals surface area (Å²) in [5.41, 5.74) is 0. The van der Waals surface area contributed by atoms with Gasteiger partial charge in [-0.3, -0.25) is 4.79 Å². The van der Waals surface area contributed by atoms with E-state index in [2.05, 4.69) is 19.6 Å². The molecule has 0 aromatic rings. The Morgan fingerprint density at radius 3 is 1.84 bits per heavy atom. The first kappa shape index (κ1) is 11.3. The van der Waals surface area contributed by atoms with Crippen LogP contribution in [-0.4, -0.2) is 83.0 Å². The first-order valence-electron chi connectivity index (χ1n) is 7.21. The molecule has 0 atom stereocenters. The third-order valence-electron chi connectivity index (χ3n) is 4.76. The van der Waals surface area contributed by atoms with Crippen LogP contribution in [-0.2, 0) is 4.79 Å².